The lowest BCUT2D eigenvalue weighted by atomic mass is 10.1. The molecule has 1 unspecified atom stereocenters. The minimum atomic E-state index is -0.315. The third-order valence-electron chi connectivity index (χ3n) is 4.06. The van der Waals surface area contributed by atoms with Crippen LogP contribution in [0.1, 0.15) is 41.6 Å². The lowest BCUT2D eigenvalue weighted by Gasteiger charge is -2.25. The fourth-order valence-corrected chi connectivity index (χ4v) is 2.87. The first-order valence-electron chi connectivity index (χ1n) is 7.84. The Morgan fingerprint density at radius 3 is 2.71 bits per heavy atom. The van der Waals surface area contributed by atoms with Crippen molar-refractivity contribution in [2.24, 2.45) is 0 Å². The van der Waals surface area contributed by atoms with Crippen LogP contribution in [0.15, 0.2) is 28.9 Å². The molecule has 0 bridgehead atoms. The van der Waals surface area contributed by atoms with E-state index in [0.29, 0.717) is 43.5 Å². The van der Waals surface area contributed by atoms with Crippen molar-refractivity contribution in [3.8, 4) is 0 Å². The van der Waals surface area contributed by atoms with E-state index in [-0.39, 0.29) is 17.9 Å². The van der Waals surface area contributed by atoms with Crippen molar-refractivity contribution in [1.82, 2.24) is 24.9 Å². The molecule has 1 aliphatic rings. The summed E-state index contributed by atoms with van der Waals surface area (Å²) < 4.78 is 5.25. The van der Waals surface area contributed by atoms with Crippen LogP contribution in [0, 0.1) is 6.92 Å². The van der Waals surface area contributed by atoms with Gasteiger partial charge in [0.1, 0.15) is 11.7 Å². The molecule has 8 nitrogen and oxygen atoms in total. The molecule has 2 aromatic heterocycles. The smallest absolute Gasteiger partial charge is 0.272 e. The lowest BCUT2D eigenvalue weighted by Crippen LogP contribution is -2.37. The zero-order chi connectivity index (χ0) is 17.1. The highest BCUT2D eigenvalue weighted by Gasteiger charge is 2.32. The maximum absolute atomic E-state index is 12.6. The SMILES string of the molecule is CC(=O)N1CCN(C(=O)c2ccccn2)CCC1c1nc(C)no1. The molecule has 24 heavy (non-hydrogen) atoms. The van der Waals surface area contributed by atoms with E-state index in [4.69, 9.17) is 4.52 Å². The average molecular weight is 329 g/mol. The first-order valence-corrected chi connectivity index (χ1v) is 7.84. The third kappa shape index (κ3) is 3.27. The van der Waals surface area contributed by atoms with Crippen LogP contribution in [0.4, 0.5) is 0 Å². The summed E-state index contributed by atoms with van der Waals surface area (Å²) in [5.41, 5.74) is 0.402. The van der Waals surface area contributed by atoms with Gasteiger partial charge in [0.05, 0.1) is 0 Å². The molecule has 8 heteroatoms. The predicted octanol–water partition coefficient (Wildman–Crippen LogP) is 1.21. The second-order valence-electron chi connectivity index (χ2n) is 5.70. The van der Waals surface area contributed by atoms with Gasteiger partial charge in [0.2, 0.25) is 11.8 Å². The summed E-state index contributed by atoms with van der Waals surface area (Å²) in [4.78, 5) is 36.3. The normalized spacial score (nSPS) is 18.3. The van der Waals surface area contributed by atoms with Crippen LogP contribution in [0.5, 0.6) is 0 Å². The van der Waals surface area contributed by atoms with E-state index in [9.17, 15) is 9.59 Å². The first kappa shape index (κ1) is 16.1. The van der Waals surface area contributed by atoms with Gasteiger partial charge in [-0.05, 0) is 25.5 Å². The quantitative estimate of drug-likeness (QED) is 0.822. The van der Waals surface area contributed by atoms with Crippen LogP contribution in [0.25, 0.3) is 0 Å². The molecule has 3 rings (SSSR count). The summed E-state index contributed by atoms with van der Waals surface area (Å²) in [5.74, 6) is 0.721. The van der Waals surface area contributed by atoms with Crippen LogP contribution in [-0.2, 0) is 4.79 Å². The Kier molecular flexibility index (Phi) is 4.54. The van der Waals surface area contributed by atoms with Crippen molar-refractivity contribution in [3.05, 3.63) is 41.8 Å². The van der Waals surface area contributed by atoms with Crippen LogP contribution >= 0.6 is 0 Å². The van der Waals surface area contributed by atoms with Crippen LogP contribution in [0.2, 0.25) is 0 Å². The molecule has 0 saturated carbocycles. The van der Waals surface area contributed by atoms with E-state index in [1.165, 1.54) is 6.92 Å². The molecular formula is C16H19N5O3. The Morgan fingerprint density at radius 1 is 1.25 bits per heavy atom. The molecule has 1 saturated heterocycles. The molecular weight excluding hydrogens is 310 g/mol. The number of carbonyl (C=O) groups is 2. The van der Waals surface area contributed by atoms with Crippen molar-refractivity contribution in [2.45, 2.75) is 26.3 Å². The van der Waals surface area contributed by atoms with E-state index < -0.39 is 0 Å². The fraction of sp³-hybridized carbons (Fsp3) is 0.438. The number of pyridine rings is 1. The number of carbonyl (C=O) groups excluding carboxylic acids is 2. The summed E-state index contributed by atoms with van der Waals surface area (Å²) in [6, 6.07) is 4.92. The zero-order valence-electron chi connectivity index (χ0n) is 13.7. The van der Waals surface area contributed by atoms with Gasteiger partial charge in [0.25, 0.3) is 5.91 Å². The number of amides is 2. The van der Waals surface area contributed by atoms with Crippen molar-refractivity contribution in [1.29, 1.82) is 0 Å². The highest BCUT2D eigenvalue weighted by atomic mass is 16.5. The van der Waals surface area contributed by atoms with E-state index >= 15 is 0 Å². The minimum Gasteiger partial charge on any atom is -0.337 e. The second kappa shape index (κ2) is 6.77. The standard InChI is InChI=1S/C16H19N5O3/c1-11-18-15(24-19-11)14-6-8-20(9-10-21(14)12(2)22)16(23)13-5-3-4-7-17-13/h3-5,7,14H,6,8-10H2,1-2H3. The second-order valence-corrected chi connectivity index (χ2v) is 5.70. The molecule has 3 heterocycles. The molecule has 2 amide bonds. The Morgan fingerprint density at radius 2 is 2.08 bits per heavy atom. The molecule has 0 spiro atoms. The highest BCUT2D eigenvalue weighted by molar-refractivity contribution is 5.92. The molecule has 0 N–H and O–H groups in total. The van der Waals surface area contributed by atoms with Gasteiger partial charge in [-0.1, -0.05) is 11.2 Å². The maximum atomic E-state index is 12.6. The van der Waals surface area contributed by atoms with Crippen LogP contribution in [-0.4, -0.2) is 56.4 Å². The topological polar surface area (TPSA) is 92.4 Å². The van der Waals surface area contributed by atoms with Gasteiger partial charge in [0, 0.05) is 32.8 Å². The number of aryl methyl sites for hydroxylation is 1. The Bertz CT molecular complexity index is 730. The number of nitrogens with zero attached hydrogens (tertiary/aromatic N) is 5. The van der Waals surface area contributed by atoms with Crippen molar-refractivity contribution < 1.29 is 14.1 Å². The molecule has 1 aliphatic heterocycles. The van der Waals surface area contributed by atoms with Gasteiger partial charge >= 0.3 is 0 Å². The molecule has 126 valence electrons. The Hall–Kier alpha value is -2.77. The molecule has 1 atom stereocenters. The summed E-state index contributed by atoms with van der Waals surface area (Å²) >= 11 is 0. The molecule has 1 fully saturated rings. The predicted molar refractivity (Wildman–Crippen MR) is 83.9 cm³/mol. The van der Waals surface area contributed by atoms with E-state index in [0.717, 1.165) is 0 Å². The van der Waals surface area contributed by atoms with Gasteiger partial charge in [0.15, 0.2) is 5.82 Å². The molecule has 2 aromatic rings. The van der Waals surface area contributed by atoms with Gasteiger partial charge in [-0.25, -0.2) is 0 Å². The van der Waals surface area contributed by atoms with Crippen molar-refractivity contribution in [2.75, 3.05) is 19.6 Å². The highest BCUT2D eigenvalue weighted by Crippen LogP contribution is 2.26. The average Bonchev–Trinajstić information content (AvgIpc) is 2.89. The molecule has 0 aromatic carbocycles. The maximum Gasteiger partial charge on any atom is 0.272 e. The Labute approximate surface area is 139 Å². The van der Waals surface area contributed by atoms with Crippen molar-refractivity contribution in [3.63, 3.8) is 0 Å². The summed E-state index contributed by atoms with van der Waals surface area (Å²) in [6.07, 6.45) is 2.14. The molecule has 0 radical (unpaired) electrons. The number of hydrogen-bond donors (Lipinski definition) is 0. The number of aromatic nitrogens is 3. The van der Waals surface area contributed by atoms with Gasteiger partial charge in [-0.3, -0.25) is 14.6 Å². The zero-order valence-corrected chi connectivity index (χ0v) is 13.7. The fourth-order valence-electron chi connectivity index (χ4n) is 2.87. The van der Waals surface area contributed by atoms with Gasteiger partial charge in [-0.2, -0.15) is 4.98 Å². The summed E-state index contributed by atoms with van der Waals surface area (Å²) in [5, 5.41) is 3.80. The monoisotopic (exact) mass is 329 g/mol. The lowest BCUT2D eigenvalue weighted by molar-refractivity contribution is -0.131. The summed E-state index contributed by atoms with van der Waals surface area (Å²) in [6.45, 7) is 4.59. The first-order chi connectivity index (χ1) is 11.6. The van der Waals surface area contributed by atoms with Crippen LogP contribution in [0.3, 0.4) is 0 Å². The van der Waals surface area contributed by atoms with Crippen molar-refractivity contribution >= 4 is 11.8 Å². The van der Waals surface area contributed by atoms with Crippen LogP contribution < -0.4 is 0 Å². The number of rotatable bonds is 2. The van der Waals surface area contributed by atoms with E-state index in [1.54, 1.807) is 41.1 Å². The number of hydrogen-bond acceptors (Lipinski definition) is 6. The van der Waals surface area contributed by atoms with E-state index in [2.05, 4.69) is 15.1 Å². The van der Waals surface area contributed by atoms with Gasteiger partial charge < -0.3 is 14.3 Å². The summed E-state index contributed by atoms with van der Waals surface area (Å²) in [7, 11) is 0. The van der Waals surface area contributed by atoms with E-state index in [1.807, 2.05) is 0 Å². The minimum absolute atomic E-state index is 0.0806. The third-order valence-corrected chi connectivity index (χ3v) is 4.06. The molecule has 0 aliphatic carbocycles. The largest absolute Gasteiger partial charge is 0.337 e. The van der Waals surface area contributed by atoms with Gasteiger partial charge in [-0.15, -0.1) is 0 Å². The Balaban J connectivity index is 1.80.